The largest absolute Gasteiger partial charge is 0.502 e. The Balaban J connectivity index is 2.50. The maximum atomic E-state index is 11.1. The summed E-state index contributed by atoms with van der Waals surface area (Å²) in [6.45, 7) is 1.92. The molecule has 0 fully saturated rings. The van der Waals surface area contributed by atoms with Crippen molar-refractivity contribution in [2.24, 2.45) is 0 Å². The highest BCUT2D eigenvalue weighted by atomic mass is 16.3. The highest BCUT2D eigenvalue weighted by Crippen LogP contribution is 2.10. The maximum Gasteiger partial charge on any atom is 0.293 e. The van der Waals surface area contributed by atoms with Crippen LogP contribution in [-0.4, -0.2) is 20.1 Å². The van der Waals surface area contributed by atoms with Gasteiger partial charge in [-0.25, -0.2) is 4.98 Å². The van der Waals surface area contributed by atoms with Crippen LogP contribution in [0.5, 0.6) is 5.75 Å². The Morgan fingerprint density at radius 2 is 2.07 bits per heavy atom. The summed E-state index contributed by atoms with van der Waals surface area (Å²) >= 11 is 0. The molecule has 0 radical (unpaired) electrons. The summed E-state index contributed by atoms with van der Waals surface area (Å²) < 4.78 is 0. The first kappa shape index (κ1) is 9.39. The van der Waals surface area contributed by atoms with Crippen molar-refractivity contribution in [3.8, 4) is 17.3 Å². The van der Waals surface area contributed by atoms with Crippen molar-refractivity contribution >= 4 is 0 Å². The van der Waals surface area contributed by atoms with E-state index in [-0.39, 0.29) is 0 Å². The number of pyridine rings is 1. The van der Waals surface area contributed by atoms with Gasteiger partial charge in [0.2, 0.25) is 0 Å². The van der Waals surface area contributed by atoms with E-state index < -0.39 is 11.3 Å². The molecule has 5 nitrogen and oxygen atoms in total. The second kappa shape index (κ2) is 3.53. The van der Waals surface area contributed by atoms with Crippen LogP contribution in [0.25, 0.3) is 11.5 Å². The summed E-state index contributed by atoms with van der Waals surface area (Å²) in [6.07, 6.45) is 2.79. The summed E-state index contributed by atoms with van der Waals surface area (Å²) in [5.74, 6) is -0.0522. The molecule has 2 aromatic heterocycles. The molecule has 2 heterocycles. The molecular formula is C10H9N3O2. The maximum absolute atomic E-state index is 11.1. The van der Waals surface area contributed by atoms with Crippen molar-refractivity contribution in [2.45, 2.75) is 6.92 Å². The van der Waals surface area contributed by atoms with Crippen molar-refractivity contribution in [1.29, 1.82) is 0 Å². The fourth-order valence-electron chi connectivity index (χ4n) is 1.13. The molecule has 0 aliphatic heterocycles. The zero-order chi connectivity index (χ0) is 10.8. The third-order valence-electron chi connectivity index (χ3n) is 1.93. The van der Waals surface area contributed by atoms with E-state index in [0.717, 1.165) is 11.8 Å². The third kappa shape index (κ3) is 1.85. The van der Waals surface area contributed by atoms with E-state index >= 15 is 0 Å². The van der Waals surface area contributed by atoms with Crippen molar-refractivity contribution in [3.05, 3.63) is 40.4 Å². The molecule has 0 aromatic carbocycles. The molecule has 0 saturated heterocycles. The van der Waals surface area contributed by atoms with Crippen LogP contribution >= 0.6 is 0 Å². The van der Waals surface area contributed by atoms with Crippen molar-refractivity contribution in [2.75, 3.05) is 0 Å². The second-order valence-corrected chi connectivity index (χ2v) is 3.17. The first-order valence-electron chi connectivity index (χ1n) is 4.38. The van der Waals surface area contributed by atoms with Gasteiger partial charge in [-0.1, -0.05) is 6.07 Å². The van der Waals surface area contributed by atoms with Gasteiger partial charge in [-0.2, -0.15) is 0 Å². The van der Waals surface area contributed by atoms with Crippen molar-refractivity contribution < 1.29 is 5.11 Å². The Kier molecular flexibility index (Phi) is 2.21. The first-order valence-corrected chi connectivity index (χ1v) is 4.38. The predicted octanol–water partition coefficient (Wildman–Crippen LogP) is 0.846. The Morgan fingerprint density at radius 1 is 1.27 bits per heavy atom. The normalized spacial score (nSPS) is 10.2. The molecule has 0 aliphatic carbocycles. The quantitative estimate of drug-likeness (QED) is 0.720. The summed E-state index contributed by atoms with van der Waals surface area (Å²) in [6, 6.07) is 3.62. The molecule has 0 amide bonds. The lowest BCUT2D eigenvalue weighted by Crippen LogP contribution is -2.07. The minimum atomic E-state index is -0.567. The Labute approximate surface area is 85.5 Å². The van der Waals surface area contributed by atoms with Crippen LogP contribution in [0.2, 0.25) is 0 Å². The van der Waals surface area contributed by atoms with Gasteiger partial charge in [-0.15, -0.1) is 0 Å². The summed E-state index contributed by atoms with van der Waals surface area (Å²) in [5.41, 5.74) is 1.03. The van der Waals surface area contributed by atoms with Crippen LogP contribution in [0.3, 0.4) is 0 Å². The number of aromatic nitrogens is 3. The Bertz CT molecular complexity index is 531. The number of hydrogen-bond donors (Lipinski definition) is 2. The second-order valence-electron chi connectivity index (χ2n) is 3.17. The molecule has 0 unspecified atom stereocenters. The summed E-state index contributed by atoms with van der Waals surface area (Å²) in [5, 5.41) is 9.01. The third-order valence-corrected chi connectivity index (χ3v) is 1.93. The van der Waals surface area contributed by atoms with Gasteiger partial charge in [-0.05, 0) is 18.6 Å². The summed E-state index contributed by atoms with van der Waals surface area (Å²) in [7, 11) is 0. The molecule has 2 rings (SSSR count). The molecule has 2 aromatic rings. The Morgan fingerprint density at radius 3 is 2.67 bits per heavy atom. The fourth-order valence-corrected chi connectivity index (χ4v) is 1.13. The number of nitrogens with one attached hydrogen (secondary N) is 1. The van der Waals surface area contributed by atoms with Crippen LogP contribution in [0.1, 0.15) is 5.56 Å². The van der Waals surface area contributed by atoms with Gasteiger partial charge >= 0.3 is 0 Å². The minimum absolute atomic E-state index is 0.345. The van der Waals surface area contributed by atoms with E-state index in [4.69, 9.17) is 5.11 Å². The van der Waals surface area contributed by atoms with Gasteiger partial charge in [0.25, 0.3) is 5.56 Å². The van der Waals surface area contributed by atoms with Gasteiger partial charge in [0, 0.05) is 6.20 Å². The lowest BCUT2D eigenvalue weighted by Gasteiger charge is -1.99. The molecule has 5 heteroatoms. The highest BCUT2D eigenvalue weighted by Gasteiger charge is 2.03. The molecule has 0 saturated carbocycles. The van der Waals surface area contributed by atoms with Crippen molar-refractivity contribution in [1.82, 2.24) is 15.0 Å². The van der Waals surface area contributed by atoms with Crippen LogP contribution in [0.4, 0.5) is 0 Å². The van der Waals surface area contributed by atoms with Crippen LogP contribution in [0.15, 0.2) is 29.3 Å². The molecular weight excluding hydrogens is 194 g/mol. The highest BCUT2D eigenvalue weighted by molar-refractivity contribution is 5.48. The number of hydrogen-bond acceptors (Lipinski definition) is 4. The van der Waals surface area contributed by atoms with Crippen LogP contribution < -0.4 is 5.56 Å². The van der Waals surface area contributed by atoms with Gasteiger partial charge in [0.05, 0.1) is 6.20 Å². The van der Waals surface area contributed by atoms with E-state index in [1.54, 1.807) is 12.3 Å². The van der Waals surface area contributed by atoms with E-state index in [1.807, 2.05) is 13.0 Å². The zero-order valence-electron chi connectivity index (χ0n) is 8.06. The predicted molar refractivity (Wildman–Crippen MR) is 54.5 cm³/mol. The topological polar surface area (TPSA) is 78.9 Å². The van der Waals surface area contributed by atoms with E-state index in [0.29, 0.717) is 11.5 Å². The number of aromatic hydroxyl groups is 1. The average molecular weight is 203 g/mol. The van der Waals surface area contributed by atoms with E-state index in [9.17, 15) is 4.79 Å². The average Bonchev–Trinajstić information content (AvgIpc) is 2.23. The van der Waals surface area contributed by atoms with Gasteiger partial charge in [-0.3, -0.25) is 9.78 Å². The molecule has 0 bridgehead atoms. The lowest BCUT2D eigenvalue weighted by molar-refractivity contribution is 0.463. The van der Waals surface area contributed by atoms with Gasteiger partial charge < -0.3 is 10.1 Å². The number of H-pyrrole nitrogens is 1. The van der Waals surface area contributed by atoms with E-state index in [2.05, 4.69) is 15.0 Å². The van der Waals surface area contributed by atoms with E-state index in [1.165, 1.54) is 0 Å². The lowest BCUT2D eigenvalue weighted by atomic mass is 10.2. The SMILES string of the molecule is Cc1ccc(-c2ncc(O)c(=O)[nH]2)nc1. The standard InChI is InChI=1S/C10H9N3O2/c1-6-2-3-7(11-4-6)9-12-5-8(14)10(15)13-9/h2-5,14H,1H3,(H,12,13,15). The molecule has 2 N–H and O–H groups in total. The number of nitrogens with zero attached hydrogens (tertiary/aromatic N) is 2. The van der Waals surface area contributed by atoms with Crippen molar-refractivity contribution in [3.63, 3.8) is 0 Å². The number of aromatic amines is 1. The minimum Gasteiger partial charge on any atom is -0.502 e. The first-order chi connectivity index (χ1) is 7.16. The molecule has 0 aliphatic rings. The zero-order valence-corrected chi connectivity index (χ0v) is 8.06. The monoisotopic (exact) mass is 203 g/mol. The number of rotatable bonds is 1. The smallest absolute Gasteiger partial charge is 0.293 e. The molecule has 15 heavy (non-hydrogen) atoms. The van der Waals surface area contributed by atoms with Crippen LogP contribution in [-0.2, 0) is 0 Å². The van der Waals surface area contributed by atoms with Crippen LogP contribution in [0, 0.1) is 6.92 Å². The molecule has 0 atom stereocenters. The Hall–Kier alpha value is -2.17. The molecule has 0 spiro atoms. The number of aryl methyl sites for hydroxylation is 1. The van der Waals surface area contributed by atoms with Gasteiger partial charge in [0.1, 0.15) is 5.69 Å². The fraction of sp³-hybridized carbons (Fsp3) is 0.100. The van der Waals surface area contributed by atoms with Gasteiger partial charge in [0.15, 0.2) is 11.6 Å². The molecule has 76 valence electrons. The summed E-state index contributed by atoms with van der Waals surface area (Å²) in [4.78, 5) is 21.5.